The van der Waals surface area contributed by atoms with Crippen LogP contribution in [0.2, 0.25) is 0 Å². The standard InChI is InChI=1S/C28H34N10O6/c29-19(8-16-11-31-13-34-16)25(40)37-22(7-15-10-33-20-4-2-1-3-18(15)20)26(41)38-23(9-17-12-32-14-35-17)27(42)36-21(28(43)44)5-6-24(30)39/h1-4,10-14,19,21-23,33H,5-9,29H2,(H2,30,39)(H,31,34)(H,32,35)(H,36,42)(H,37,40)(H,38,41)(H,43,44). The van der Waals surface area contributed by atoms with Crippen LogP contribution in [0.1, 0.15) is 29.8 Å². The Balaban J connectivity index is 1.56. The van der Waals surface area contributed by atoms with Crippen molar-refractivity contribution < 1.29 is 29.1 Å². The van der Waals surface area contributed by atoms with Gasteiger partial charge in [-0.05, 0) is 18.1 Å². The van der Waals surface area contributed by atoms with E-state index in [-0.39, 0.29) is 32.1 Å². The highest BCUT2D eigenvalue weighted by Crippen LogP contribution is 2.19. The first kappa shape index (κ1) is 31.4. The molecule has 0 saturated heterocycles. The Labute approximate surface area is 250 Å². The molecule has 0 saturated carbocycles. The zero-order valence-corrected chi connectivity index (χ0v) is 23.6. The van der Waals surface area contributed by atoms with Crippen molar-refractivity contribution in [3.05, 3.63) is 72.5 Å². The molecule has 0 aliphatic rings. The lowest BCUT2D eigenvalue weighted by Gasteiger charge is -2.25. The Bertz CT molecular complexity index is 1580. The first-order valence-electron chi connectivity index (χ1n) is 13.8. The number of nitrogens with zero attached hydrogens (tertiary/aromatic N) is 2. The number of hydrogen-bond donors (Lipinski definition) is 9. The van der Waals surface area contributed by atoms with Gasteiger partial charge in [-0.15, -0.1) is 0 Å². The van der Waals surface area contributed by atoms with Gasteiger partial charge in [0, 0.05) is 66.6 Å². The molecule has 44 heavy (non-hydrogen) atoms. The molecule has 0 fully saturated rings. The number of carboxylic acid groups (broad SMARTS) is 1. The fourth-order valence-corrected chi connectivity index (χ4v) is 4.65. The molecule has 16 heteroatoms. The second-order valence-corrected chi connectivity index (χ2v) is 10.3. The van der Waals surface area contributed by atoms with E-state index in [0.29, 0.717) is 11.4 Å². The Morgan fingerprint density at radius 2 is 1.39 bits per heavy atom. The fourth-order valence-electron chi connectivity index (χ4n) is 4.65. The average molecular weight is 607 g/mol. The SMILES string of the molecule is NC(=O)CCC(NC(=O)C(Cc1cnc[nH]1)NC(=O)C(Cc1c[nH]c2ccccc12)NC(=O)C(N)Cc1cnc[nH]1)C(=O)O. The van der Waals surface area contributed by atoms with Crippen molar-refractivity contribution in [3.63, 3.8) is 0 Å². The van der Waals surface area contributed by atoms with Crippen molar-refractivity contribution >= 4 is 40.5 Å². The van der Waals surface area contributed by atoms with E-state index in [1.807, 2.05) is 24.3 Å². The smallest absolute Gasteiger partial charge is 0.326 e. The summed E-state index contributed by atoms with van der Waals surface area (Å²) in [5.74, 6) is -4.23. The lowest BCUT2D eigenvalue weighted by molar-refractivity contribution is -0.142. The van der Waals surface area contributed by atoms with Gasteiger partial charge in [0.05, 0.1) is 18.7 Å². The summed E-state index contributed by atoms with van der Waals surface area (Å²) in [5.41, 5.74) is 14.0. The van der Waals surface area contributed by atoms with Crippen LogP contribution in [-0.4, -0.2) is 83.8 Å². The van der Waals surface area contributed by atoms with Crippen LogP contribution in [0.25, 0.3) is 10.9 Å². The minimum atomic E-state index is -1.43. The molecule has 4 aromatic rings. The third kappa shape index (κ3) is 8.51. The second kappa shape index (κ2) is 14.6. The number of nitrogens with one attached hydrogen (secondary N) is 6. The van der Waals surface area contributed by atoms with Crippen molar-refractivity contribution in [3.8, 4) is 0 Å². The highest BCUT2D eigenvalue weighted by atomic mass is 16.4. The van der Waals surface area contributed by atoms with Gasteiger partial charge in [-0.1, -0.05) is 18.2 Å². The quantitative estimate of drug-likeness (QED) is 0.0738. The minimum Gasteiger partial charge on any atom is -0.480 e. The van der Waals surface area contributed by atoms with E-state index in [9.17, 15) is 29.1 Å². The van der Waals surface area contributed by atoms with E-state index in [2.05, 4.69) is 40.9 Å². The van der Waals surface area contributed by atoms with Gasteiger partial charge < -0.3 is 47.5 Å². The molecule has 4 atom stereocenters. The number of carbonyl (C=O) groups is 5. The number of imidazole rings is 2. The first-order chi connectivity index (χ1) is 21.1. The maximum absolute atomic E-state index is 13.8. The maximum atomic E-state index is 13.8. The third-order valence-electron chi connectivity index (χ3n) is 6.97. The van der Waals surface area contributed by atoms with Crippen molar-refractivity contribution in [2.24, 2.45) is 11.5 Å². The Hall–Kier alpha value is -5.51. The van der Waals surface area contributed by atoms with E-state index < -0.39 is 53.8 Å². The monoisotopic (exact) mass is 606 g/mol. The molecule has 0 aliphatic carbocycles. The topological polar surface area (TPSA) is 267 Å². The Morgan fingerprint density at radius 1 is 0.795 bits per heavy atom. The molecule has 16 nitrogen and oxygen atoms in total. The molecular formula is C28H34N10O6. The molecule has 3 heterocycles. The van der Waals surface area contributed by atoms with Crippen LogP contribution in [0.4, 0.5) is 0 Å². The summed E-state index contributed by atoms with van der Waals surface area (Å²) < 4.78 is 0. The number of primary amides is 1. The van der Waals surface area contributed by atoms with E-state index >= 15 is 0 Å². The van der Waals surface area contributed by atoms with E-state index in [1.165, 1.54) is 25.0 Å². The van der Waals surface area contributed by atoms with Crippen LogP contribution < -0.4 is 27.4 Å². The molecule has 0 radical (unpaired) electrons. The van der Waals surface area contributed by atoms with Gasteiger partial charge in [0.2, 0.25) is 23.6 Å². The van der Waals surface area contributed by atoms with Gasteiger partial charge in [-0.3, -0.25) is 19.2 Å². The van der Waals surface area contributed by atoms with Gasteiger partial charge in [-0.2, -0.15) is 0 Å². The van der Waals surface area contributed by atoms with Crippen LogP contribution in [0.15, 0.2) is 55.5 Å². The number of fused-ring (bicyclic) bond motifs is 1. The summed E-state index contributed by atoms with van der Waals surface area (Å²) in [6.07, 6.45) is 7.16. The van der Waals surface area contributed by atoms with Crippen LogP contribution in [-0.2, 0) is 43.2 Å². The number of rotatable bonds is 16. The number of aliphatic carboxylic acids is 1. The number of carboxylic acids is 1. The van der Waals surface area contributed by atoms with E-state index in [1.54, 1.807) is 6.20 Å². The summed E-state index contributed by atoms with van der Waals surface area (Å²) in [6.45, 7) is 0. The molecule has 4 rings (SSSR count). The number of carbonyl (C=O) groups excluding carboxylic acids is 4. The van der Waals surface area contributed by atoms with Gasteiger partial charge in [0.1, 0.15) is 18.1 Å². The molecule has 11 N–H and O–H groups in total. The van der Waals surface area contributed by atoms with E-state index in [0.717, 1.165) is 16.5 Å². The summed E-state index contributed by atoms with van der Waals surface area (Å²) in [6, 6.07) is 2.54. The number of amides is 4. The number of para-hydroxylation sites is 1. The summed E-state index contributed by atoms with van der Waals surface area (Å²) in [7, 11) is 0. The molecule has 232 valence electrons. The van der Waals surface area contributed by atoms with Crippen molar-refractivity contribution in [2.75, 3.05) is 0 Å². The van der Waals surface area contributed by atoms with Gasteiger partial charge in [0.15, 0.2) is 0 Å². The number of hydrogen-bond acceptors (Lipinski definition) is 8. The predicted molar refractivity (Wildman–Crippen MR) is 156 cm³/mol. The zero-order chi connectivity index (χ0) is 31.6. The lowest BCUT2D eigenvalue weighted by atomic mass is 10.0. The number of aromatic nitrogens is 5. The van der Waals surface area contributed by atoms with E-state index in [4.69, 9.17) is 11.5 Å². The molecule has 0 bridgehead atoms. The second-order valence-electron chi connectivity index (χ2n) is 10.3. The Morgan fingerprint density at radius 3 is 2.00 bits per heavy atom. The first-order valence-corrected chi connectivity index (χ1v) is 13.8. The molecule has 0 spiro atoms. The number of nitrogens with two attached hydrogens (primary N) is 2. The van der Waals surface area contributed by atoms with Crippen LogP contribution >= 0.6 is 0 Å². The fraction of sp³-hybridized carbons (Fsp3) is 0.321. The van der Waals surface area contributed by atoms with Crippen molar-refractivity contribution in [1.82, 2.24) is 40.9 Å². The maximum Gasteiger partial charge on any atom is 0.326 e. The molecule has 4 amide bonds. The summed E-state index contributed by atoms with van der Waals surface area (Å²) in [5, 5.41) is 18.1. The molecule has 0 aliphatic heterocycles. The highest BCUT2D eigenvalue weighted by molar-refractivity contribution is 5.95. The van der Waals surface area contributed by atoms with Gasteiger partial charge in [0.25, 0.3) is 0 Å². The summed E-state index contributed by atoms with van der Waals surface area (Å²) >= 11 is 0. The highest BCUT2D eigenvalue weighted by Gasteiger charge is 2.31. The van der Waals surface area contributed by atoms with Crippen LogP contribution in [0.5, 0.6) is 0 Å². The van der Waals surface area contributed by atoms with Crippen LogP contribution in [0, 0.1) is 0 Å². The molecule has 4 unspecified atom stereocenters. The predicted octanol–water partition coefficient (Wildman–Crippen LogP) is -1.23. The van der Waals surface area contributed by atoms with Crippen LogP contribution in [0.3, 0.4) is 0 Å². The molecule has 3 aromatic heterocycles. The largest absolute Gasteiger partial charge is 0.480 e. The van der Waals surface area contributed by atoms with Gasteiger partial charge >= 0.3 is 5.97 Å². The number of benzene rings is 1. The average Bonchev–Trinajstić information content (AvgIpc) is 3.77. The van der Waals surface area contributed by atoms with Gasteiger partial charge in [-0.25, -0.2) is 14.8 Å². The van der Waals surface area contributed by atoms with Crippen molar-refractivity contribution in [2.45, 2.75) is 56.3 Å². The Kier molecular flexibility index (Phi) is 10.4. The number of aromatic amines is 3. The normalized spacial score (nSPS) is 13.8. The number of H-pyrrole nitrogens is 3. The third-order valence-corrected chi connectivity index (χ3v) is 6.97. The molecule has 1 aromatic carbocycles. The minimum absolute atomic E-state index is 0.0487. The molecular weight excluding hydrogens is 572 g/mol. The zero-order valence-electron chi connectivity index (χ0n) is 23.6. The summed E-state index contributed by atoms with van der Waals surface area (Å²) in [4.78, 5) is 79.9. The van der Waals surface area contributed by atoms with Crippen molar-refractivity contribution in [1.29, 1.82) is 0 Å². The lowest BCUT2D eigenvalue weighted by Crippen LogP contribution is -2.58.